The monoisotopic (exact) mass is 324 g/mol. The van der Waals surface area contributed by atoms with Crippen molar-refractivity contribution in [3.05, 3.63) is 59.7 Å². The van der Waals surface area contributed by atoms with E-state index in [1.165, 1.54) is 35.1 Å². The number of carbonyl (C=O) groups is 1. The van der Waals surface area contributed by atoms with Gasteiger partial charge in [-0.2, -0.15) is 0 Å². The summed E-state index contributed by atoms with van der Waals surface area (Å²) in [4.78, 5) is 11.0. The zero-order valence-electron chi connectivity index (χ0n) is 14.9. The van der Waals surface area contributed by atoms with Gasteiger partial charge in [-0.05, 0) is 42.9 Å². The Kier molecular flexibility index (Phi) is 7.54. The second-order valence-electron chi connectivity index (χ2n) is 6.30. The quantitative estimate of drug-likeness (QED) is 0.436. The first-order valence-corrected chi connectivity index (χ1v) is 9.00. The molecule has 0 atom stereocenters. The van der Waals surface area contributed by atoms with E-state index < -0.39 is 0 Å². The highest BCUT2D eigenvalue weighted by Crippen LogP contribution is 2.21. The molecular weight excluding hydrogens is 296 g/mol. The average Bonchev–Trinajstić information content (AvgIpc) is 2.62. The first kappa shape index (κ1) is 18.3. The van der Waals surface area contributed by atoms with Crippen LogP contribution in [0, 0.1) is 6.92 Å². The van der Waals surface area contributed by atoms with Crippen LogP contribution in [0.4, 0.5) is 0 Å². The summed E-state index contributed by atoms with van der Waals surface area (Å²) in [5, 5.41) is 0. The van der Waals surface area contributed by atoms with E-state index in [1.54, 1.807) is 0 Å². The third-order valence-electron chi connectivity index (χ3n) is 4.25. The summed E-state index contributed by atoms with van der Waals surface area (Å²) >= 11 is 0. The van der Waals surface area contributed by atoms with Crippen molar-refractivity contribution in [2.75, 3.05) is 6.61 Å². The Morgan fingerprint density at radius 2 is 1.42 bits per heavy atom. The van der Waals surface area contributed by atoms with Crippen LogP contribution in [0.25, 0.3) is 11.1 Å². The van der Waals surface area contributed by atoms with E-state index in [0.29, 0.717) is 13.0 Å². The maximum Gasteiger partial charge on any atom is 0.305 e. The third kappa shape index (κ3) is 6.19. The minimum atomic E-state index is -0.0938. The molecule has 0 bridgehead atoms. The fraction of sp³-hybridized carbons (Fsp3) is 0.409. The fourth-order valence-corrected chi connectivity index (χ4v) is 2.68. The maximum atomic E-state index is 11.0. The molecule has 2 aromatic carbocycles. The predicted octanol–water partition coefficient (Wildman–Crippen LogP) is 5.72. The van der Waals surface area contributed by atoms with Crippen molar-refractivity contribution >= 4 is 5.97 Å². The van der Waals surface area contributed by atoms with E-state index in [4.69, 9.17) is 4.74 Å². The Labute approximate surface area is 145 Å². The molecule has 0 saturated heterocycles. The highest BCUT2D eigenvalue weighted by molar-refractivity contribution is 5.68. The summed E-state index contributed by atoms with van der Waals surface area (Å²) in [6.07, 6.45) is 6.05. The number of hydrogen-bond donors (Lipinski definition) is 0. The molecule has 2 rings (SSSR count). The molecule has 2 aromatic rings. The molecule has 24 heavy (non-hydrogen) atoms. The van der Waals surface area contributed by atoms with Gasteiger partial charge in [0.05, 0.1) is 6.61 Å². The molecule has 0 unspecified atom stereocenters. The number of unbranched alkanes of at least 4 members (excludes halogenated alkanes) is 3. The Hall–Kier alpha value is -2.09. The molecule has 0 fully saturated rings. The van der Waals surface area contributed by atoms with Crippen molar-refractivity contribution in [3.8, 4) is 11.1 Å². The van der Waals surface area contributed by atoms with Gasteiger partial charge in [0, 0.05) is 6.42 Å². The maximum absolute atomic E-state index is 11.0. The van der Waals surface area contributed by atoms with Gasteiger partial charge in [0.25, 0.3) is 0 Å². The van der Waals surface area contributed by atoms with E-state index in [2.05, 4.69) is 55.5 Å². The Morgan fingerprint density at radius 1 is 0.833 bits per heavy atom. The van der Waals surface area contributed by atoms with E-state index in [9.17, 15) is 4.79 Å². The van der Waals surface area contributed by atoms with Crippen molar-refractivity contribution < 1.29 is 9.53 Å². The number of ether oxygens (including phenoxy) is 1. The summed E-state index contributed by atoms with van der Waals surface area (Å²) < 4.78 is 5.08. The molecule has 128 valence electrons. The molecule has 0 aliphatic carbocycles. The lowest BCUT2D eigenvalue weighted by molar-refractivity contribution is -0.143. The van der Waals surface area contributed by atoms with Gasteiger partial charge in [0.2, 0.25) is 0 Å². The number of esters is 1. The molecular formula is C22H28O2. The van der Waals surface area contributed by atoms with Crippen molar-refractivity contribution in [3.63, 3.8) is 0 Å². The largest absolute Gasteiger partial charge is 0.466 e. The van der Waals surface area contributed by atoms with Gasteiger partial charge < -0.3 is 4.74 Å². The second kappa shape index (κ2) is 9.92. The second-order valence-corrected chi connectivity index (χ2v) is 6.30. The molecule has 0 saturated carbocycles. The first-order valence-electron chi connectivity index (χ1n) is 9.00. The number of aryl methyl sites for hydroxylation is 2. The van der Waals surface area contributed by atoms with Crippen LogP contribution >= 0.6 is 0 Å². The van der Waals surface area contributed by atoms with Crippen molar-refractivity contribution in [2.45, 2.75) is 52.4 Å². The summed E-state index contributed by atoms with van der Waals surface area (Å²) in [7, 11) is 0. The topological polar surface area (TPSA) is 26.3 Å². The van der Waals surface area contributed by atoms with Crippen molar-refractivity contribution in [1.29, 1.82) is 0 Å². The highest BCUT2D eigenvalue weighted by atomic mass is 16.5. The van der Waals surface area contributed by atoms with Crippen LogP contribution in [0.1, 0.15) is 50.2 Å². The van der Waals surface area contributed by atoms with Gasteiger partial charge in [-0.3, -0.25) is 4.79 Å². The molecule has 0 amide bonds. The standard InChI is InChI=1S/C22H28O2/c1-3-22(23)24-17-7-5-4-6-8-19-11-15-21(16-12-19)20-13-9-18(2)10-14-20/h9-16H,3-8,17H2,1-2H3. The minimum Gasteiger partial charge on any atom is -0.466 e. The normalized spacial score (nSPS) is 10.6. The highest BCUT2D eigenvalue weighted by Gasteiger charge is 2.00. The van der Waals surface area contributed by atoms with Crippen LogP contribution in [-0.4, -0.2) is 12.6 Å². The average molecular weight is 324 g/mol. The van der Waals surface area contributed by atoms with E-state index in [1.807, 2.05) is 6.92 Å². The lowest BCUT2D eigenvalue weighted by atomic mass is 10.0. The van der Waals surface area contributed by atoms with Crippen molar-refractivity contribution in [2.24, 2.45) is 0 Å². The molecule has 0 heterocycles. The lowest BCUT2D eigenvalue weighted by Gasteiger charge is -2.06. The van der Waals surface area contributed by atoms with E-state index in [0.717, 1.165) is 19.3 Å². The van der Waals surface area contributed by atoms with Crippen LogP contribution in [-0.2, 0) is 16.0 Å². The molecule has 0 aliphatic rings. The number of hydrogen-bond acceptors (Lipinski definition) is 2. The van der Waals surface area contributed by atoms with Crippen LogP contribution < -0.4 is 0 Å². The van der Waals surface area contributed by atoms with Crippen molar-refractivity contribution in [1.82, 2.24) is 0 Å². The van der Waals surface area contributed by atoms with Gasteiger partial charge >= 0.3 is 5.97 Å². The fourth-order valence-electron chi connectivity index (χ4n) is 2.68. The lowest BCUT2D eigenvalue weighted by Crippen LogP contribution is -2.03. The predicted molar refractivity (Wildman–Crippen MR) is 100 cm³/mol. The summed E-state index contributed by atoms with van der Waals surface area (Å²) in [6, 6.07) is 17.6. The summed E-state index contributed by atoms with van der Waals surface area (Å²) in [5.74, 6) is -0.0938. The number of benzene rings is 2. The summed E-state index contributed by atoms with van der Waals surface area (Å²) in [6.45, 7) is 4.50. The number of carbonyl (C=O) groups excluding carboxylic acids is 1. The van der Waals surface area contributed by atoms with Crippen LogP contribution in [0.5, 0.6) is 0 Å². The van der Waals surface area contributed by atoms with Gasteiger partial charge in [0.15, 0.2) is 0 Å². The molecule has 0 spiro atoms. The SMILES string of the molecule is CCC(=O)OCCCCCCc1ccc(-c2ccc(C)cc2)cc1. The van der Waals surface area contributed by atoms with Crippen LogP contribution in [0.2, 0.25) is 0 Å². The number of rotatable bonds is 9. The molecule has 0 aliphatic heterocycles. The Bertz CT molecular complexity index is 611. The van der Waals surface area contributed by atoms with Gasteiger partial charge in [-0.1, -0.05) is 73.9 Å². The molecule has 2 nitrogen and oxygen atoms in total. The minimum absolute atomic E-state index is 0.0938. The zero-order valence-corrected chi connectivity index (χ0v) is 14.9. The van der Waals surface area contributed by atoms with Crippen LogP contribution in [0.3, 0.4) is 0 Å². The van der Waals surface area contributed by atoms with Gasteiger partial charge in [-0.25, -0.2) is 0 Å². The Balaban J connectivity index is 1.67. The molecule has 0 N–H and O–H groups in total. The van der Waals surface area contributed by atoms with E-state index >= 15 is 0 Å². The smallest absolute Gasteiger partial charge is 0.305 e. The molecule has 2 heteroatoms. The van der Waals surface area contributed by atoms with Gasteiger partial charge in [0.1, 0.15) is 0 Å². The van der Waals surface area contributed by atoms with Crippen LogP contribution in [0.15, 0.2) is 48.5 Å². The molecule has 0 radical (unpaired) electrons. The Morgan fingerprint density at radius 3 is 2.04 bits per heavy atom. The first-order chi connectivity index (χ1) is 11.7. The summed E-state index contributed by atoms with van der Waals surface area (Å²) in [5.41, 5.74) is 5.23. The van der Waals surface area contributed by atoms with Gasteiger partial charge in [-0.15, -0.1) is 0 Å². The third-order valence-corrected chi connectivity index (χ3v) is 4.25. The van der Waals surface area contributed by atoms with E-state index in [-0.39, 0.29) is 5.97 Å². The molecule has 0 aromatic heterocycles. The zero-order chi connectivity index (χ0) is 17.2.